The molecule has 0 unspecified atom stereocenters. The van der Waals surface area contributed by atoms with Crippen LogP contribution in [0.4, 0.5) is 0 Å². The van der Waals surface area contributed by atoms with Crippen LogP contribution in [0, 0.1) is 25.9 Å². The molecule has 0 amide bonds. The second-order valence-corrected chi connectivity index (χ2v) is 2.01. The van der Waals surface area contributed by atoms with E-state index in [0.29, 0.717) is 5.92 Å². The minimum Gasteiger partial charge on any atom is 0 e. The molecule has 0 saturated heterocycles. The van der Waals surface area contributed by atoms with Crippen molar-refractivity contribution in [2.75, 3.05) is 0 Å². The number of hydrogen-bond donors (Lipinski definition) is 0. The smallest absolute Gasteiger partial charge is 0 e. The van der Waals surface area contributed by atoms with Crippen molar-refractivity contribution in [1.29, 1.82) is 0 Å². The Labute approximate surface area is 104 Å². The van der Waals surface area contributed by atoms with Crippen molar-refractivity contribution in [2.45, 2.75) is 6.92 Å². The van der Waals surface area contributed by atoms with E-state index < -0.39 is 0 Å². The molecule has 0 atom stereocenters. The maximum atomic E-state index is 7.50. The third-order valence-electron chi connectivity index (χ3n) is 1.16. The Bertz CT molecular complexity index is 216. The third-order valence-corrected chi connectivity index (χ3v) is 1.16. The first kappa shape index (κ1) is 23.7. The summed E-state index contributed by atoms with van der Waals surface area (Å²) in [6, 6.07) is 0. The summed E-state index contributed by atoms with van der Waals surface area (Å²) in [5, 5.41) is 0. The molecule has 0 fully saturated rings. The zero-order valence-electron chi connectivity index (χ0n) is 8.17. The van der Waals surface area contributed by atoms with Crippen LogP contribution in [-0.4, -0.2) is 0 Å². The summed E-state index contributed by atoms with van der Waals surface area (Å²) in [6.45, 7) is 15.7. The van der Waals surface area contributed by atoms with E-state index in [1.807, 2.05) is 12.2 Å². The van der Waals surface area contributed by atoms with Crippen LogP contribution < -0.4 is 0 Å². The average molecular weight is 286 g/mol. The van der Waals surface area contributed by atoms with Crippen molar-refractivity contribution in [2.24, 2.45) is 5.92 Å². The molecule has 0 aromatic rings. The van der Waals surface area contributed by atoms with Gasteiger partial charge in [-0.15, -0.1) is 0 Å². The number of hydrogen-bond acceptors (Lipinski definition) is 0. The van der Waals surface area contributed by atoms with E-state index in [2.05, 4.69) is 51.2 Å². The standard InChI is InChI=1S/C8H10.3CO.Mo/c1-8-6-4-2-3-5-7-8;3*1-2;/h2-8H,1H3;;;;. The second kappa shape index (κ2) is 29.2. The topological polar surface area (TPSA) is 59.7 Å². The summed E-state index contributed by atoms with van der Waals surface area (Å²) >= 11 is 0. The van der Waals surface area contributed by atoms with Gasteiger partial charge in [-0.2, -0.15) is 0 Å². The van der Waals surface area contributed by atoms with E-state index in [4.69, 9.17) is 14.0 Å². The zero-order chi connectivity index (χ0) is 11.8. The first-order valence-electron chi connectivity index (χ1n) is 3.52. The quantitative estimate of drug-likeness (QED) is 0.372. The van der Waals surface area contributed by atoms with Gasteiger partial charge < -0.3 is 0 Å². The first-order chi connectivity index (χ1) is 6.89. The monoisotopic (exact) mass is 288 g/mol. The van der Waals surface area contributed by atoms with Gasteiger partial charge in [-0.25, -0.2) is 0 Å². The van der Waals surface area contributed by atoms with Crippen LogP contribution in [0.25, 0.3) is 0 Å². The fourth-order valence-electron chi connectivity index (χ4n) is 0.671. The maximum absolute atomic E-state index is 7.50. The van der Waals surface area contributed by atoms with Gasteiger partial charge in [0.25, 0.3) is 0 Å². The van der Waals surface area contributed by atoms with Gasteiger partial charge in [-0.1, -0.05) is 43.4 Å². The van der Waals surface area contributed by atoms with Crippen molar-refractivity contribution in [1.82, 2.24) is 0 Å². The normalized spacial score (nSPS) is 10.6. The number of allylic oxidation sites excluding steroid dienone is 6. The van der Waals surface area contributed by atoms with Crippen LogP contribution in [0.15, 0.2) is 36.5 Å². The zero-order valence-corrected chi connectivity index (χ0v) is 10.2. The fourth-order valence-corrected chi connectivity index (χ4v) is 0.671. The van der Waals surface area contributed by atoms with Gasteiger partial charge in [0.15, 0.2) is 0 Å². The molecular weight excluding hydrogens is 276 g/mol. The van der Waals surface area contributed by atoms with Crippen LogP contribution in [0.3, 0.4) is 0 Å². The number of rotatable bonds is 0. The molecule has 0 spiro atoms. The Morgan fingerprint density at radius 1 is 0.733 bits per heavy atom. The summed E-state index contributed by atoms with van der Waals surface area (Å²) < 4.78 is 22.5. The van der Waals surface area contributed by atoms with E-state index in [0.717, 1.165) is 0 Å². The van der Waals surface area contributed by atoms with Crippen molar-refractivity contribution in [3.8, 4) is 0 Å². The Hall–Kier alpha value is -0.872. The van der Waals surface area contributed by atoms with Crippen molar-refractivity contribution in [3.05, 3.63) is 56.4 Å². The summed E-state index contributed by atoms with van der Waals surface area (Å²) in [4.78, 5) is 0. The summed E-state index contributed by atoms with van der Waals surface area (Å²) in [5.41, 5.74) is 0. The SMILES string of the molecule is CC1C=CC=CC=C1.[C-]#[O+].[C-]#[O+].[C-]#[O+].[Mo]. The van der Waals surface area contributed by atoms with Crippen LogP contribution in [0.1, 0.15) is 6.92 Å². The largest absolute Gasteiger partial charge is 0 e. The molecule has 1 aliphatic rings. The van der Waals surface area contributed by atoms with E-state index in [1.165, 1.54) is 0 Å². The Kier molecular flexibility index (Phi) is 46.3. The van der Waals surface area contributed by atoms with Crippen molar-refractivity contribution in [3.63, 3.8) is 0 Å². The molecule has 0 aromatic heterocycles. The van der Waals surface area contributed by atoms with Crippen LogP contribution >= 0.6 is 0 Å². The first-order valence-corrected chi connectivity index (χ1v) is 3.52. The average Bonchev–Trinajstić information content (AvgIpc) is 2.54. The molecule has 0 saturated carbocycles. The molecule has 0 aliphatic heterocycles. The van der Waals surface area contributed by atoms with E-state index in [1.54, 1.807) is 0 Å². The van der Waals surface area contributed by atoms with Crippen LogP contribution in [0.2, 0.25) is 0 Å². The fraction of sp³-hybridized carbons (Fsp3) is 0.182. The third kappa shape index (κ3) is 24.6. The Balaban J connectivity index is -0.0000000755. The van der Waals surface area contributed by atoms with Gasteiger partial charge in [0, 0.05) is 21.1 Å². The van der Waals surface area contributed by atoms with Gasteiger partial charge in [0.2, 0.25) is 0 Å². The van der Waals surface area contributed by atoms with Crippen LogP contribution in [0.5, 0.6) is 0 Å². The van der Waals surface area contributed by atoms with Gasteiger partial charge in [0.05, 0.1) is 0 Å². The van der Waals surface area contributed by atoms with Gasteiger partial charge in [-0.3, -0.25) is 0 Å². The minimum atomic E-state index is 0. The maximum Gasteiger partial charge on any atom is 0 e. The predicted octanol–water partition coefficient (Wildman–Crippen LogP) is 2.19. The molecule has 0 radical (unpaired) electrons. The summed E-state index contributed by atoms with van der Waals surface area (Å²) in [6.07, 6.45) is 12.6. The summed E-state index contributed by atoms with van der Waals surface area (Å²) in [5.74, 6) is 0.602. The van der Waals surface area contributed by atoms with Crippen molar-refractivity contribution < 1.29 is 35.0 Å². The second-order valence-electron chi connectivity index (χ2n) is 2.01. The van der Waals surface area contributed by atoms with E-state index >= 15 is 0 Å². The summed E-state index contributed by atoms with van der Waals surface area (Å²) in [7, 11) is 0. The molecule has 78 valence electrons. The molecule has 3 nitrogen and oxygen atoms in total. The van der Waals surface area contributed by atoms with Gasteiger partial charge in [-0.05, 0) is 5.92 Å². The molecule has 15 heavy (non-hydrogen) atoms. The van der Waals surface area contributed by atoms with Crippen molar-refractivity contribution >= 4 is 0 Å². The molecule has 0 N–H and O–H groups in total. The van der Waals surface area contributed by atoms with Crippen LogP contribution in [-0.2, 0) is 35.0 Å². The van der Waals surface area contributed by atoms with Gasteiger partial charge in [0.1, 0.15) is 0 Å². The molecule has 0 aromatic carbocycles. The molecule has 0 bridgehead atoms. The molecule has 0 heterocycles. The molecule has 4 heteroatoms. The van der Waals surface area contributed by atoms with E-state index in [9.17, 15) is 0 Å². The molecule has 1 aliphatic carbocycles. The van der Waals surface area contributed by atoms with Gasteiger partial charge >= 0.3 is 33.9 Å². The molecular formula is C11H10MoO3. The predicted molar refractivity (Wildman–Crippen MR) is 48.4 cm³/mol. The molecule has 1 rings (SSSR count). The Morgan fingerprint density at radius 2 is 1.00 bits per heavy atom. The van der Waals surface area contributed by atoms with E-state index in [-0.39, 0.29) is 21.1 Å². The minimum absolute atomic E-state index is 0. The Morgan fingerprint density at radius 3 is 1.27 bits per heavy atom.